The van der Waals surface area contributed by atoms with Gasteiger partial charge in [0.1, 0.15) is 0 Å². The monoisotopic (exact) mass is 321 g/mol. The van der Waals surface area contributed by atoms with Crippen LogP contribution < -0.4 is 10.6 Å². The van der Waals surface area contributed by atoms with Gasteiger partial charge in [0, 0.05) is 24.4 Å². The number of nitro groups is 1. The van der Waals surface area contributed by atoms with E-state index in [1.54, 1.807) is 13.0 Å². The van der Waals surface area contributed by atoms with Gasteiger partial charge in [0.2, 0.25) is 11.8 Å². The van der Waals surface area contributed by atoms with Gasteiger partial charge in [-0.05, 0) is 19.4 Å². The molecule has 0 spiro atoms. The van der Waals surface area contributed by atoms with E-state index in [0.717, 1.165) is 0 Å². The van der Waals surface area contributed by atoms with Gasteiger partial charge >= 0.3 is 0 Å². The third kappa shape index (κ3) is 5.69. The van der Waals surface area contributed by atoms with Crippen molar-refractivity contribution in [3.63, 3.8) is 0 Å². The zero-order valence-corrected chi connectivity index (χ0v) is 13.9. The minimum Gasteiger partial charge on any atom is -0.356 e. The zero-order valence-electron chi connectivity index (χ0n) is 13.9. The van der Waals surface area contributed by atoms with Crippen molar-refractivity contribution in [1.82, 2.24) is 5.32 Å². The molecule has 0 radical (unpaired) electrons. The average molecular weight is 321 g/mol. The summed E-state index contributed by atoms with van der Waals surface area (Å²) in [5.41, 5.74) is 0.373. The van der Waals surface area contributed by atoms with E-state index in [4.69, 9.17) is 0 Å². The summed E-state index contributed by atoms with van der Waals surface area (Å²) >= 11 is 0. The average Bonchev–Trinajstić information content (AvgIpc) is 2.44. The Kier molecular flexibility index (Phi) is 6.24. The molecule has 0 atom stereocenters. The maximum atomic E-state index is 11.9. The molecule has 0 aromatic heterocycles. The van der Waals surface area contributed by atoms with Crippen molar-refractivity contribution in [2.75, 3.05) is 11.9 Å². The molecule has 126 valence electrons. The molecule has 0 fully saturated rings. The van der Waals surface area contributed by atoms with E-state index in [1.165, 1.54) is 12.1 Å². The highest BCUT2D eigenvalue weighted by molar-refractivity contribution is 5.92. The molecule has 2 amide bonds. The van der Waals surface area contributed by atoms with Gasteiger partial charge in [-0.25, -0.2) is 0 Å². The quantitative estimate of drug-likeness (QED) is 0.478. The van der Waals surface area contributed by atoms with Crippen LogP contribution in [0.3, 0.4) is 0 Å². The number of amides is 2. The van der Waals surface area contributed by atoms with E-state index in [2.05, 4.69) is 10.6 Å². The Bertz CT molecular complexity index is 606. The van der Waals surface area contributed by atoms with Crippen LogP contribution in [0.2, 0.25) is 0 Å². The van der Waals surface area contributed by atoms with Crippen LogP contribution in [0.15, 0.2) is 18.2 Å². The summed E-state index contributed by atoms with van der Waals surface area (Å²) in [6.07, 6.45) is 0.730. The minimum atomic E-state index is -0.479. The summed E-state index contributed by atoms with van der Waals surface area (Å²) in [6, 6.07) is 4.55. The second kappa shape index (κ2) is 7.71. The Morgan fingerprint density at radius 3 is 2.48 bits per heavy atom. The van der Waals surface area contributed by atoms with E-state index in [-0.39, 0.29) is 23.9 Å². The second-order valence-electron chi connectivity index (χ2n) is 6.36. The molecule has 0 aliphatic carbocycles. The summed E-state index contributed by atoms with van der Waals surface area (Å²) in [4.78, 5) is 34.0. The number of nitro benzene ring substituents is 1. The molecule has 7 nitrogen and oxygen atoms in total. The minimum absolute atomic E-state index is 0.0276. The van der Waals surface area contributed by atoms with E-state index in [0.29, 0.717) is 24.2 Å². The maximum absolute atomic E-state index is 11.9. The number of hydrogen-bond donors (Lipinski definition) is 2. The van der Waals surface area contributed by atoms with Crippen molar-refractivity contribution < 1.29 is 14.5 Å². The number of rotatable bonds is 6. The highest BCUT2D eigenvalue weighted by Gasteiger charge is 2.20. The number of benzene rings is 1. The first-order valence-electron chi connectivity index (χ1n) is 7.45. The Hall–Kier alpha value is -2.44. The SMILES string of the molecule is Cc1c(NC(=O)CCCNC(=O)C(C)(C)C)cccc1[N+](=O)[O-]. The molecule has 1 aromatic rings. The van der Waals surface area contributed by atoms with Crippen LogP contribution in [0.1, 0.15) is 39.2 Å². The van der Waals surface area contributed by atoms with Crippen LogP contribution in [0.4, 0.5) is 11.4 Å². The summed E-state index contributed by atoms with van der Waals surface area (Å²) in [5.74, 6) is -0.300. The molecule has 7 heteroatoms. The Balaban J connectivity index is 2.48. The van der Waals surface area contributed by atoms with Crippen LogP contribution in [0.5, 0.6) is 0 Å². The number of hydrogen-bond acceptors (Lipinski definition) is 4. The summed E-state index contributed by atoms with van der Waals surface area (Å²) < 4.78 is 0. The molecule has 0 aliphatic heterocycles. The predicted octanol–water partition coefficient (Wildman–Crippen LogP) is 2.78. The van der Waals surface area contributed by atoms with Gasteiger partial charge in [-0.1, -0.05) is 26.8 Å². The first-order valence-corrected chi connectivity index (χ1v) is 7.45. The van der Waals surface area contributed by atoms with Gasteiger partial charge in [-0.3, -0.25) is 19.7 Å². The fourth-order valence-corrected chi connectivity index (χ4v) is 1.89. The van der Waals surface area contributed by atoms with Gasteiger partial charge in [0.25, 0.3) is 5.69 Å². The molecular weight excluding hydrogens is 298 g/mol. The van der Waals surface area contributed by atoms with E-state index >= 15 is 0 Å². The van der Waals surface area contributed by atoms with Crippen LogP contribution in [-0.4, -0.2) is 23.3 Å². The molecule has 0 saturated heterocycles. The van der Waals surface area contributed by atoms with E-state index < -0.39 is 10.3 Å². The van der Waals surface area contributed by atoms with Crippen LogP contribution in [-0.2, 0) is 9.59 Å². The molecule has 1 rings (SSSR count). The molecule has 23 heavy (non-hydrogen) atoms. The number of carbonyl (C=O) groups is 2. The van der Waals surface area contributed by atoms with Gasteiger partial charge in [0.05, 0.1) is 16.2 Å². The smallest absolute Gasteiger partial charge is 0.274 e. The third-order valence-corrected chi connectivity index (χ3v) is 3.32. The first-order chi connectivity index (χ1) is 10.6. The van der Waals surface area contributed by atoms with E-state index in [1.807, 2.05) is 20.8 Å². The Morgan fingerprint density at radius 1 is 1.26 bits per heavy atom. The number of carbonyl (C=O) groups excluding carboxylic acids is 2. The van der Waals surface area contributed by atoms with Crippen molar-refractivity contribution in [3.05, 3.63) is 33.9 Å². The topological polar surface area (TPSA) is 101 Å². The Labute approximate surface area is 135 Å². The molecule has 0 saturated carbocycles. The third-order valence-electron chi connectivity index (χ3n) is 3.32. The van der Waals surface area contributed by atoms with Gasteiger partial charge in [0.15, 0.2) is 0 Å². The fraction of sp³-hybridized carbons (Fsp3) is 0.500. The van der Waals surface area contributed by atoms with Crippen molar-refractivity contribution in [3.8, 4) is 0 Å². The van der Waals surface area contributed by atoms with Gasteiger partial charge in [-0.2, -0.15) is 0 Å². The largest absolute Gasteiger partial charge is 0.356 e. The number of nitrogens with zero attached hydrogens (tertiary/aromatic N) is 1. The van der Waals surface area contributed by atoms with Crippen molar-refractivity contribution >= 4 is 23.2 Å². The van der Waals surface area contributed by atoms with Crippen LogP contribution in [0, 0.1) is 22.5 Å². The lowest BCUT2D eigenvalue weighted by molar-refractivity contribution is -0.385. The molecular formula is C16H23N3O4. The fourth-order valence-electron chi connectivity index (χ4n) is 1.89. The van der Waals surface area contributed by atoms with Crippen molar-refractivity contribution in [2.24, 2.45) is 5.41 Å². The first kappa shape index (κ1) is 18.6. The number of nitrogens with one attached hydrogen (secondary N) is 2. The molecule has 0 unspecified atom stereocenters. The molecule has 0 bridgehead atoms. The lowest BCUT2D eigenvalue weighted by Crippen LogP contribution is -2.35. The lowest BCUT2D eigenvalue weighted by Gasteiger charge is -2.17. The van der Waals surface area contributed by atoms with Crippen LogP contribution >= 0.6 is 0 Å². The highest BCUT2D eigenvalue weighted by atomic mass is 16.6. The molecule has 2 N–H and O–H groups in total. The molecule has 1 aromatic carbocycles. The summed E-state index contributed by atoms with van der Waals surface area (Å²) in [5, 5.41) is 16.3. The summed E-state index contributed by atoms with van der Waals surface area (Å²) in [6.45, 7) is 7.47. The van der Waals surface area contributed by atoms with Crippen molar-refractivity contribution in [1.29, 1.82) is 0 Å². The number of anilines is 1. The van der Waals surface area contributed by atoms with Crippen LogP contribution in [0.25, 0.3) is 0 Å². The lowest BCUT2D eigenvalue weighted by atomic mass is 9.96. The van der Waals surface area contributed by atoms with Gasteiger partial charge in [-0.15, -0.1) is 0 Å². The highest BCUT2D eigenvalue weighted by Crippen LogP contribution is 2.25. The molecule has 0 heterocycles. The standard InChI is InChI=1S/C16H23N3O4/c1-11-12(7-5-8-13(11)19(22)23)18-14(20)9-6-10-17-15(21)16(2,3)4/h5,7-8H,6,9-10H2,1-4H3,(H,17,21)(H,18,20). The normalized spacial score (nSPS) is 11.0. The Morgan fingerprint density at radius 2 is 1.91 bits per heavy atom. The second-order valence-corrected chi connectivity index (χ2v) is 6.36. The predicted molar refractivity (Wildman–Crippen MR) is 88.2 cm³/mol. The van der Waals surface area contributed by atoms with Crippen molar-refractivity contribution in [2.45, 2.75) is 40.5 Å². The maximum Gasteiger partial charge on any atom is 0.274 e. The summed E-state index contributed by atoms with van der Waals surface area (Å²) in [7, 11) is 0. The van der Waals surface area contributed by atoms with Gasteiger partial charge < -0.3 is 10.6 Å². The molecule has 0 aliphatic rings. The zero-order chi connectivity index (χ0) is 17.6. The van der Waals surface area contributed by atoms with E-state index in [9.17, 15) is 19.7 Å².